The summed E-state index contributed by atoms with van der Waals surface area (Å²) in [6, 6.07) is 0. The maximum absolute atomic E-state index is 12.1. The standard InChI is InChI=1S/C18H31N5OS/c1-6-20-16(24)18(2,3)12-21-17(19-4)23(5)11-15-22-13-9-7-8-10-14(13)25-15/h6-12H2,1-5H3,(H,19,21)(H,20,24). The van der Waals surface area contributed by atoms with Crippen LogP contribution in [0.25, 0.3) is 0 Å². The van der Waals surface area contributed by atoms with Crippen LogP contribution in [0.3, 0.4) is 0 Å². The number of aliphatic imine (C=N–C) groups is 1. The quantitative estimate of drug-likeness (QED) is 0.599. The molecule has 0 saturated heterocycles. The average molecular weight is 366 g/mol. The van der Waals surface area contributed by atoms with Gasteiger partial charge in [-0.3, -0.25) is 9.79 Å². The second-order valence-electron chi connectivity index (χ2n) is 7.18. The highest BCUT2D eigenvalue weighted by Crippen LogP contribution is 2.27. The number of nitrogens with zero attached hydrogens (tertiary/aromatic N) is 3. The second kappa shape index (κ2) is 8.65. The number of aromatic nitrogens is 1. The molecule has 1 heterocycles. The van der Waals surface area contributed by atoms with Gasteiger partial charge in [0.05, 0.1) is 17.7 Å². The fourth-order valence-corrected chi connectivity index (χ4v) is 4.13. The van der Waals surface area contributed by atoms with Crippen molar-refractivity contribution < 1.29 is 4.79 Å². The molecular weight excluding hydrogens is 334 g/mol. The van der Waals surface area contributed by atoms with Gasteiger partial charge in [-0.15, -0.1) is 11.3 Å². The minimum Gasteiger partial charge on any atom is -0.356 e. The monoisotopic (exact) mass is 365 g/mol. The summed E-state index contributed by atoms with van der Waals surface area (Å²) < 4.78 is 0. The van der Waals surface area contributed by atoms with Crippen LogP contribution in [0, 0.1) is 5.41 Å². The van der Waals surface area contributed by atoms with Crippen molar-refractivity contribution in [3.63, 3.8) is 0 Å². The first kappa shape index (κ1) is 19.7. The van der Waals surface area contributed by atoms with Gasteiger partial charge in [0.15, 0.2) is 5.96 Å². The first-order chi connectivity index (χ1) is 11.9. The Morgan fingerprint density at radius 3 is 2.68 bits per heavy atom. The summed E-state index contributed by atoms with van der Waals surface area (Å²) >= 11 is 1.83. The van der Waals surface area contributed by atoms with Gasteiger partial charge in [-0.25, -0.2) is 4.98 Å². The molecule has 0 saturated carbocycles. The fraction of sp³-hybridized carbons (Fsp3) is 0.722. The molecule has 0 bridgehead atoms. The molecule has 0 atom stereocenters. The molecule has 0 unspecified atom stereocenters. The van der Waals surface area contributed by atoms with Crippen LogP contribution >= 0.6 is 11.3 Å². The van der Waals surface area contributed by atoms with E-state index in [0.717, 1.165) is 23.9 Å². The van der Waals surface area contributed by atoms with E-state index in [0.29, 0.717) is 13.1 Å². The number of rotatable bonds is 6. The van der Waals surface area contributed by atoms with E-state index >= 15 is 0 Å². The van der Waals surface area contributed by atoms with Crippen LogP contribution in [0.5, 0.6) is 0 Å². The van der Waals surface area contributed by atoms with Crippen LogP contribution in [-0.4, -0.2) is 48.9 Å². The summed E-state index contributed by atoms with van der Waals surface area (Å²) in [5.41, 5.74) is 0.799. The van der Waals surface area contributed by atoms with E-state index in [2.05, 4.69) is 20.5 Å². The number of carbonyl (C=O) groups is 1. The molecule has 0 aromatic carbocycles. The molecule has 0 spiro atoms. The predicted octanol–water partition coefficient (Wildman–Crippen LogP) is 2.19. The number of hydrogen-bond acceptors (Lipinski definition) is 4. The van der Waals surface area contributed by atoms with E-state index < -0.39 is 5.41 Å². The molecule has 1 aliphatic rings. The topological polar surface area (TPSA) is 69.6 Å². The highest BCUT2D eigenvalue weighted by molar-refractivity contribution is 7.11. The van der Waals surface area contributed by atoms with E-state index in [1.54, 1.807) is 7.05 Å². The first-order valence-electron chi connectivity index (χ1n) is 9.05. The Morgan fingerprint density at radius 2 is 2.04 bits per heavy atom. The number of fused-ring (bicyclic) bond motifs is 1. The summed E-state index contributed by atoms with van der Waals surface area (Å²) in [5, 5.41) is 7.35. The zero-order chi connectivity index (χ0) is 18.4. The van der Waals surface area contributed by atoms with Gasteiger partial charge in [0.1, 0.15) is 5.01 Å². The SMILES string of the molecule is CCNC(=O)C(C)(C)CNC(=NC)N(C)Cc1nc2c(s1)CCCC2. The molecule has 1 aliphatic carbocycles. The lowest BCUT2D eigenvalue weighted by Gasteiger charge is -2.27. The number of thiazole rings is 1. The van der Waals surface area contributed by atoms with E-state index in [9.17, 15) is 4.79 Å². The highest BCUT2D eigenvalue weighted by Gasteiger charge is 2.27. The number of carbonyl (C=O) groups excluding carboxylic acids is 1. The molecule has 2 rings (SSSR count). The Balaban J connectivity index is 1.93. The Hall–Kier alpha value is -1.63. The maximum atomic E-state index is 12.1. The number of hydrogen-bond donors (Lipinski definition) is 2. The van der Waals surface area contributed by atoms with Crippen LogP contribution < -0.4 is 10.6 Å². The summed E-state index contributed by atoms with van der Waals surface area (Å²) in [6.07, 6.45) is 4.82. The molecular formula is C18H31N5OS. The third-order valence-electron chi connectivity index (χ3n) is 4.48. The van der Waals surface area contributed by atoms with Crippen LogP contribution in [0.1, 0.15) is 49.2 Å². The van der Waals surface area contributed by atoms with Gasteiger partial charge in [-0.2, -0.15) is 0 Å². The molecule has 6 nitrogen and oxygen atoms in total. The van der Waals surface area contributed by atoms with Crippen molar-refractivity contribution in [1.82, 2.24) is 20.5 Å². The molecule has 1 aromatic rings. The predicted molar refractivity (Wildman–Crippen MR) is 104 cm³/mol. The van der Waals surface area contributed by atoms with E-state index in [4.69, 9.17) is 4.98 Å². The van der Waals surface area contributed by atoms with E-state index in [1.165, 1.54) is 29.8 Å². The lowest BCUT2D eigenvalue weighted by Crippen LogP contribution is -2.48. The highest BCUT2D eigenvalue weighted by atomic mass is 32.1. The molecule has 140 valence electrons. The lowest BCUT2D eigenvalue weighted by atomic mass is 9.92. The van der Waals surface area contributed by atoms with Gasteiger partial charge in [-0.05, 0) is 46.5 Å². The lowest BCUT2D eigenvalue weighted by molar-refractivity contribution is -0.128. The van der Waals surface area contributed by atoms with Crippen molar-refractivity contribution in [3.05, 3.63) is 15.6 Å². The number of amides is 1. The number of nitrogens with one attached hydrogen (secondary N) is 2. The molecule has 7 heteroatoms. The van der Waals surface area contributed by atoms with Gasteiger partial charge in [0, 0.05) is 32.1 Å². The molecule has 25 heavy (non-hydrogen) atoms. The molecule has 1 aromatic heterocycles. The van der Waals surface area contributed by atoms with E-state index in [-0.39, 0.29) is 5.91 Å². The van der Waals surface area contributed by atoms with E-state index in [1.807, 2.05) is 39.2 Å². The summed E-state index contributed by atoms with van der Waals surface area (Å²) in [6.45, 7) is 7.72. The largest absolute Gasteiger partial charge is 0.356 e. The molecule has 0 aliphatic heterocycles. The Labute approximate surface area is 155 Å². The van der Waals surface area contributed by atoms with Crippen molar-refractivity contribution in [1.29, 1.82) is 0 Å². The van der Waals surface area contributed by atoms with Crippen LogP contribution in [0.2, 0.25) is 0 Å². The maximum Gasteiger partial charge on any atom is 0.227 e. The third kappa shape index (κ3) is 5.17. The van der Waals surface area contributed by atoms with Crippen molar-refractivity contribution in [2.24, 2.45) is 10.4 Å². The number of guanidine groups is 1. The number of aryl methyl sites for hydroxylation is 2. The van der Waals surface area contributed by atoms with Crippen LogP contribution in [0.4, 0.5) is 0 Å². The van der Waals surface area contributed by atoms with Gasteiger partial charge in [-0.1, -0.05) is 0 Å². The first-order valence-corrected chi connectivity index (χ1v) is 9.86. The third-order valence-corrected chi connectivity index (χ3v) is 5.62. The van der Waals surface area contributed by atoms with Gasteiger partial charge in [0.25, 0.3) is 0 Å². The van der Waals surface area contributed by atoms with Gasteiger partial charge in [0.2, 0.25) is 5.91 Å². The molecule has 0 fully saturated rings. The molecule has 2 N–H and O–H groups in total. The summed E-state index contributed by atoms with van der Waals surface area (Å²) in [4.78, 5) is 24.8. The molecule has 0 radical (unpaired) electrons. The minimum atomic E-state index is -0.493. The summed E-state index contributed by atoms with van der Waals surface area (Å²) in [7, 11) is 3.78. The fourth-order valence-electron chi connectivity index (χ4n) is 2.92. The second-order valence-corrected chi connectivity index (χ2v) is 8.35. The van der Waals surface area contributed by atoms with Crippen LogP contribution in [0.15, 0.2) is 4.99 Å². The Kier molecular flexibility index (Phi) is 6.81. The average Bonchev–Trinajstić information content (AvgIpc) is 2.97. The smallest absolute Gasteiger partial charge is 0.227 e. The van der Waals surface area contributed by atoms with Gasteiger partial charge < -0.3 is 15.5 Å². The van der Waals surface area contributed by atoms with Gasteiger partial charge >= 0.3 is 0 Å². The van der Waals surface area contributed by atoms with Crippen molar-refractivity contribution in [2.75, 3.05) is 27.2 Å². The zero-order valence-corrected chi connectivity index (χ0v) is 16.9. The van der Waals surface area contributed by atoms with Crippen molar-refractivity contribution >= 4 is 23.2 Å². The summed E-state index contributed by atoms with van der Waals surface area (Å²) in [5.74, 6) is 0.832. The molecule has 1 amide bonds. The zero-order valence-electron chi connectivity index (χ0n) is 16.1. The van der Waals surface area contributed by atoms with Crippen molar-refractivity contribution in [2.45, 2.75) is 53.0 Å². The Morgan fingerprint density at radius 1 is 1.32 bits per heavy atom. The normalized spacial score (nSPS) is 14.8. The minimum absolute atomic E-state index is 0.0493. The van der Waals surface area contributed by atoms with Crippen molar-refractivity contribution in [3.8, 4) is 0 Å². The Bertz CT molecular complexity index is 599. The van der Waals surface area contributed by atoms with Crippen LogP contribution in [-0.2, 0) is 24.2 Å².